The molecule has 2 N–H and O–H groups in total. The largest absolute Gasteiger partial charge is 0.497 e. The summed E-state index contributed by atoms with van der Waals surface area (Å²) in [6, 6.07) is 23.3. The molecule has 1 aromatic heterocycles. The first-order valence-electron chi connectivity index (χ1n) is 12.8. The van der Waals surface area contributed by atoms with Crippen LogP contribution in [0.5, 0.6) is 5.75 Å². The standard InChI is InChI=1S/C30H26Cl2N4O4S/c1-39-22-11-5-19(6-12-22)29(38)36-17-15-35(16-18-36)21-9-7-20(8-10-21)33-30(41)34-28(37)26-14-13-25(40-26)23-3-2-4-24(31)27(23)32/h2-14H,15-18H2,1H3,(H2,33,34,37,41). The summed E-state index contributed by atoms with van der Waals surface area (Å²) in [7, 11) is 1.60. The lowest BCUT2D eigenvalue weighted by Gasteiger charge is -2.36. The number of thiocarbonyl (C=S) groups is 1. The molecule has 5 rings (SSSR count). The van der Waals surface area contributed by atoms with E-state index in [1.807, 2.05) is 29.2 Å². The molecule has 0 bridgehead atoms. The first kappa shape index (κ1) is 28.5. The molecular formula is C30H26Cl2N4O4S. The molecule has 0 aliphatic carbocycles. The van der Waals surface area contributed by atoms with Gasteiger partial charge in [0.1, 0.15) is 11.5 Å². The number of benzene rings is 3. The number of amides is 2. The molecule has 0 unspecified atom stereocenters. The van der Waals surface area contributed by atoms with Gasteiger partial charge >= 0.3 is 0 Å². The molecule has 1 saturated heterocycles. The zero-order valence-electron chi connectivity index (χ0n) is 22.0. The van der Waals surface area contributed by atoms with Crippen molar-refractivity contribution in [2.45, 2.75) is 0 Å². The van der Waals surface area contributed by atoms with Gasteiger partial charge in [-0.25, -0.2) is 0 Å². The van der Waals surface area contributed by atoms with Crippen molar-refractivity contribution >= 4 is 63.7 Å². The summed E-state index contributed by atoms with van der Waals surface area (Å²) in [5, 5.41) is 6.51. The molecule has 2 heterocycles. The predicted molar refractivity (Wildman–Crippen MR) is 165 cm³/mol. The molecule has 1 fully saturated rings. The molecule has 0 radical (unpaired) electrons. The molecule has 3 aromatic carbocycles. The molecule has 4 aromatic rings. The van der Waals surface area contributed by atoms with Crippen LogP contribution in [0.3, 0.4) is 0 Å². The second-order valence-corrected chi connectivity index (χ2v) is 10.4. The molecule has 0 saturated carbocycles. The number of anilines is 2. The van der Waals surface area contributed by atoms with Crippen molar-refractivity contribution < 1.29 is 18.7 Å². The molecule has 1 aliphatic heterocycles. The topological polar surface area (TPSA) is 87.0 Å². The van der Waals surface area contributed by atoms with E-state index in [4.69, 9.17) is 44.6 Å². The first-order valence-corrected chi connectivity index (χ1v) is 13.9. The highest BCUT2D eigenvalue weighted by atomic mass is 35.5. The third-order valence-corrected chi connectivity index (χ3v) is 7.69. The Kier molecular flexibility index (Phi) is 8.78. The highest BCUT2D eigenvalue weighted by molar-refractivity contribution is 7.80. The van der Waals surface area contributed by atoms with Crippen molar-refractivity contribution in [2.24, 2.45) is 0 Å². The summed E-state index contributed by atoms with van der Waals surface area (Å²) < 4.78 is 10.9. The van der Waals surface area contributed by atoms with E-state index >= 15 is 0 Å². The summed E-state index contributed by atoms with van der Waals surface area (Å²) >= 11 is 17.7. The van der Waals surface area contributed by atoms with Gasteiger partial charge in [-0.05, 0) is 85.0 Å². The normalized spacial score (nSPS) is 13.0. The number of rotatable bonds is 6. The fourth-order valence-corrected chi connectivity index (χ4v) is 5.07. The number of nitrogens with one attached hydrogen (secondary N) is 2. The van der Waals surface area contributed by atoms with Crippen LogP contribution in [0, 0.1) is 0 Å². The van der Waals surface area contributed by atoms with Gasteiger partial charge in [-0.1, -0.05) is 29.3 Å². The van der Waals surface area contributed by atoms with Gasteiger partial charge in [0, 0.05) is 48.7 Å². The Morgan fingerprint density at radius 3 is 2.29 bits per heavy atom. The zero-order valence-corrected chi connectivity index (χ0v) is 24.4. The van der Waals surface area contributed by atoms with Crippen LogP contribution in [0.1, 0.15) is 20.9 Å². The Hall–Kier alpha value is -4.05. The van der Waals surface area contributed by atoms with E-state index in [1.54, 1.807) is 61.7 Å². The number of ether oxygens (including phenoxy) is 1. The van der Waals surface area contributed by atoms with E-state index in [0.29, 0.717) is 53.1 Å². The van der Waals surface area contributed by atoms with Crippen molar-refractivity contribution in [3.63, 3.8) is 0 Å². The molecule has 11 heteroatoms. The molecular weight excluding hydrogens is 583 g/mol. The zero-order chi connectivity index (χ0) is 28.9. The van der Waals surface area contributed by atoms with Gasteiger partial charge in [0.15, 0.2) is 10.9 Å². The van der Waals surface area contributed by atoms with Gasteiger partial charge in [-0.2, -0.15) is 0 Å². The van der Waals surface area contributed by atoms with E-state index in [9.17, 15) is 9.59 Å². The molecule has 0 atom stereocenters. The van der Waals surface area contributed by atoms with E-state index in [-0.39, 0.29) is 16.8 Å². The maximum atomic E-state index is 12.8. The molecule has 1 aliphatic rings. The summed E-state index contributed by atoms with van der Waals surface area (Å²) in [5.41, 5.74) is 2.99. The average molecular weight is 610 g/mol. The molecule has 41 heavy (non-hydrogen) atoms. The fraction of sp³-hybridized carbons (Fsp3) is 0.167. The van der Waals surface area contributed by atoms with E-state index in [0.717, 1.165) is 17.1 Å². The van der Waals surface area contributed by atoms with Crippen molar-refractivity contribution in [1.29, 1.82) is 0 Å². The number of nitrogens with zero attached hydrogens (tertiary/aromatic N) is 2. The van der Waals surface area contributed by atoms with Gasteiger partial charge in [-0.15, -0.1) is 0 Å². The van der Waals surface area contributed by atoms with Crippen LogP contribution in [-0.2, 0) is 0 Å². The van der Waals surface area contributed by atoms with Crippen molar-refractivity contribution in [1.82, 2.24) is 10.2 Å². The van der Waals surface area contributed by atoms with Crippen LogP contribution in [0.15, 0.2) is 83.3 Å². The van der Waals surface area contributed by atoms with Crippen molar-refractivity contribution in [3.8, 4) is 17.1 Å². The fourth-order valence-electron chi connectivity index (χ4n) is 4.47. The van der Waals surface area contributed by atoms with E-state index in [2.05, 4.69) is 15.5 Å². The number of methoxy groups -OCH3 is 1. The monoisotopic (exact) mass is 608 g/mol. The minimum Gasteiger partial charge on any atom is -0.497 e. The molecule has 0 spiro atoms. The van der Waals surface area contributed by atoms with Crippen LogP contribution in [-0.4, -0.2) is 55.1 Å². The van der Waals surface area contributed by atoms with Crippen LogP contribution < -0.4 is 20.3 Å². The number of piperazine rings is 1. The molecule has 210 valence electrons. The Labute approximate surface area is 252 Å². The van der Waals surface area contributed by atoms with Gasteiger partial charge in [0.2, 0.25) is 0 Å². The lowest BCUT2D eigenvalue weighted by Crippen LogP contribution is -2.48. The quantitative estimate of drug-likeness (QED) is 0.247. The summed E-state index contributed by atoms with van der Waals surface area (Å²) in [4.78, 5) is 29.6. The summed E-state index contributed by atoms with van der Waals surface area (Å²) in [6.45, 7) is 2.68. The smallest absolute Gasteiger partial charge is 0.293 e. The second kappa shape index (κ2) is 12.6. The Balaban J connectivity index is 1.12. The maximum Gasteiger partial charge on any atom is 0.293 e. The molecule has 8 nitrogen and oxygen atoms in total. The van der Waals surface area contributed by atoms with Gasteiger partial charge in [0.05, 0.1) is 17.2 Å². The highest BCUT2D eigenvalue weighted by Gasteiger charge is 2.22. The average Bonchev–Trinajstić information content (AvgIpc) is 3.49. The van der Waals surface area contributed by atoms with Crippen LogP contribution in [0.2, 0.25) is 10.0 Å². The Bertz CT molecular complexity index is 1570. The molecule has 2 amide bonds. The van der Waals surface area contributed by atoms with Crippen molar-refractivity contribution in [3.05, 3.63) is 100 Å². The van der Waals surface area contributed by atoms with Crippen LogP contribution >= 0.6 is 35.4 Å². The van der Waals surface area contributed by atoms with Crippen molar-refractivity contribution in [2.75, 3.05) is 43.5 Å². The minimum atomic E-state index is -0.495. The van der Waals surface area contributed by atoms with Gasteiger partial charge in [-0.3, -0.25) is 14.9 Å². The lowest BCUT2D eigenvalue weighted by atomic mass is 10.1. The van der Waals surface area contributed by atoms with E-state index < -0.39 is 5.91 Å². The summed E-state index contributed by atoms with van der Waals surface area (Å²) in [6.07, 6.45) is 0. The summed E-state index contributed by atoms with van der Waals surface area (Å²) in [5.74, 6) is 0.745. The third kappa shape index (κ3) is 6.65. The Morgan fingerprint density at radius 2 is 1.61 bits per heavy atom. The first-order chi connectivity index (χ1) is 19.8. The minimum absolute atomic E-state index is 0.0152. The SMILES string of the molecule is COc1ccc(C(=O)N2CCN(c3ccc(NC(=S)NC(=O)c4ccc(-c5cccc(Cl)c5Cl)o4)cc3)CC2)cc1. The van der Waals surface area contributed by atoms with Gasteiger partial charge < -0.3 is 24.3 Å². The van der Waals surface area contributed by atoms with Crippen LogP contribution in [0.25, 0.3) is 11.3 Å². The maximum absolute atomic E-state index is 12.8. The number of furan rings is 1. The number of carbonyl (C=O) groups excluding carboxylic acids is 2. The number of hydrogen-bond donors (Lipinski definition) is 2. The number of carbonyl (C=O) groups is 2. The lowest BCUT2D eigenvalue weighted by molar-refractivity contribution is 0.0746. The highest BCUT2D eigenvalue weighted by Crippen LogP contribution is 2.34. The predicted octanol–water partition coefficient (Wildman–Crippen LogP) is 6.35. The van der Waals surface area contributed by atoms with Crippen LogP contribution in [0.4, 0.5) is 11.4 Å². The second-order valence-electron chi connectivity index (χ2n) is 9.23. The van der Waals surface area contributed by atoms with E-state index in [1.165, 1.54) is 0 Å². The number of halogens is 2. The third-order valence-electron chi connectivity index (χ3n) is 6.67. The Morgan fingerprint density at radius 1 is 0.902 bits per heavy atom. The van der Waals surface area contributed by atoms with Gasteiger partial charge in [0.25, 0.3) is 11.8 Å². The number of hydrogen-bond acceptors (Lipinski definition) is 6.